The van der Waals surface area contributed by atoms with E-state index in [1.54, 1.807) is 0 Å². The zero-order chi connectivity index (χ0) is 12.6. The molecule has 2 heterocycles. The largest absolute Gasteiger partial charge is 0.381 e. The van der Waals surface area contributed by atoms with E-state index in [2.05, 4.69) is 29.5 Å². The highest BCUT2D eigenvalue weighted by Crippen LogP contribution is 2.21. The van der Waals surface area contributed by atoms with Crippen molar-refractivity contribution >= 4 is 0 Å². The number of nitrogens with zero attached hydrogens (tertiary/aromatic N) is 1. The predicted molar refractivity (Wildman–Crippen MR) is 73.6 cm³/mol. The van der Waals surface area contributed by atoms with Crippen LogP contribution >= 0.6 is 0 Å². The van der Waals surface area contributed by atoms with Crippen molar-refractivity contribution in [2.24, 2.45) is 5.92 Å². The molecular formula is C15H24N2O. The SMILES string of the molecule is CNC(CCc1ccccn1)CC1CCOCC1. The van der Waals surface area contributed by atoms with Gasteiger partial charge in [0, 0.05) is 31.1 Å². The summed E-state index contributed by atoms with van der Waals surface area (Å²) < 4.78 is 5.41. The van der Waals surface area contributed by atoms with Crippen LogP contribution in [0.5, 0.6) is 0 Å². The van der Waals surface area contributed by atoms with Gasteiger partial charge in [-0.3, -0.25) is 4.98 Å². The first-order valence-corrected chi connectivity index (χ1v) is 7.03. The predicted octanol–water partition coefficient (Wildman–Crippen LogP) is 2.42. The minimum Gasteiger partial charge on any atom is -0.381 e. The van der Waals surface area contributed by atoms with Gasteiger partial charge in [0.2, 0.25) is 0 Å². The third kappa shape index (κ3) is 4.39. The molecule has 1 unspecified atom stereocenters. The van der Waals surface area contributed by atoms with Crippen molar-refractivity contribution in [3.05, 3.63) is 30.1 Å². The first-order valence-electron chi connectivity index (χ1n) is 7.03. The molecule has 2 rings (SSSR count). The molecule has 0 saturated carbocycles. The third-order valence-electron chi connectivity index (χ3n) is 3.84. The maximum absolute atomic E-state index is 5.41. The van der Waals surface area contributed by atoms with Crippen molar-refractivity contribution in [1.82, 2.24) is 10.3 Å². The lowest BCUT2D eigenvalue weighted by atomic mass is 9.90. The lowest BCUT2D eigenvalue weighted by Gasteiger charge is -2.26. The highest BCUT2D eigenvalue weighted by molar-refractivity contribution is 5.03. The van der Waals surface area contributed by atoms with Crippen LogP contribution < -0.4 is 5.32 Å². The Morgan fingerprint density at radius 1 is 1.39 bits per heavy atom. The van der Waals surface area contributed by atoms with Gasteiger partial charge >= 0.3 is 0 Å². The maximum atomic E-state index is 5.41. The Morgan fingerprint density at radius 2 is 2.22 bits per heavy atom. The summed E-state index contributed by atoms with van der Waals surface area (Å²) in [5.41, 5.74) is 1.20. The van der Waals surface area contributed by atoms with Gasteiger partial charge in [-0.2, -0.15) is 0 Å². The van der Waals surface area contributed by atoms with Gasteiger partial charge in [-0.15, -0.1) is 0 Å². The van der Waals surface area contributed by atoms with Crippen LogP contribution in [0, 0.1) is 5.92 Å². The zero-order valence-corrected chi connectivity index (χ0v) is 11.3. The summed E-state index contributed by atoms with van der Waals surface area (Å²) in [5, 5.41) is 3.45. The Hall–Kier alpha value is -0.930. The normalized spacial score (nSPS) is 18.7. The molecule has 1 fully saturated rings. The van der Waals surface area contributed by atoms with E-state index in [-0.39, 0.29) is 0 Å². The average Bonchev–Trinajstić information content (AvgIpc) is 2.45. The third-order valence-corrected chi connectivity index (χ3v) is 3.84. The Balaban J connectivity index is 1.74. The zero-order valence-electron chi connectivity index (χ0n) is 11.3. The number of aromatic nitrogens is 1. The number of ether oxygens (including phenoxy) is 1. The molecule has 18 heavy (non-hydrogen) atoms. The van der Waals surface area contributed by atoms with Gasteiger partial charge in [0.05, 0.1) is 0 Å². The molecule has 0 amide bonds. The first-order chi connectivity index (χ1) is 8.88. The molecule has 1 N–H and O–H groups in total. The van der Waals surface area contributed by atoms with Crippen LogP contribution in [-0.4, -0.2) is 31.3 Å². The van der Waals surface area contributed by atoms with Gasteiger partial charge in [-0.05, 0) is 57.2 Å². The van der Waals surface area contributed by atoms with Crippen LogP contribution in [0.25, 0.3) is 0 Å². The topological polar surface area (TPSA) is 34.2 Å². The average molecular weight is 248 g/mol. The summed E-state index contributed by atoms with van der Waals surface area (Å²) in [6.45, 7) is 1.89. The molecule has 0 bridgehead atoms. The second-order valence-corrected chi connectivity index (χ2v) is 5.14. The highest BCUT2D eigenvalue weighted by Gasteiger charge is 2.18. The molecule has 0 aromatic carbocycles. The van der Waals surface area contributed by atoms with Crippen molar-refractivity contribution < 1.29 is 4.74 Å². The monoisotopic (exact) mass is 248 g/mol. The number of aryl methyl sites for hydroxylation is 1. The van der Waals surface area contributed by atoms with Gasteiger partial charge in [0.15, 0.2) is 0 Å². The molecule has 100 valence electrons. The van der Waals surface area contributed by atoms with Crippen molar-refractivity contribution in [2.45, 2.75) is 38.1 Å². The van der Waals surface area contributed by atoms with Crippen LogP contribution in [-0.2, 0) is 11.2 Å². The fourth-order valence-electron chi connectivity index (χ4n) is 2.63. The van der Waals surface area contributed by atoms with E-state index in [4.69, 9.17) is 4.74 Å². The molecule has 1 aromatic heterocycles. The van der Waals surface area contributed by atoms with Gasteiger partial charge in [-0.1, -0.05) is 6.07 Å². The Labute approximate surface area is 110 Å². The summed E-state index contributed by atoms with van der Waals surface area (Å²) in [6.07, 6.45) is 7.83. The molecule has 3 heteroatoms. The summed E-state index contributed by atoms with van der Waals surface area (Å²) in [5.74, 6) is 0.833. The number of pyridine rings is 1. The van der Waals surface area contributed by atoms with Crippen molar-refractivity contribution in [3.63, 3.8) is 0 Å². The number of hydrogen-bond acceptors (Lipinski definition) is 3. The van der Waals surface area contributed by atoms with E-state index in [1.165, 1.54) is 31.4 Å². The number of rotatable bonds is 6. The van der Waals surface area contributed by atoms with Gasteiger partial charge in [0.1, 0.15) is 0 Å². The molecule has 0 aliphatic carbocycles. The molecule has 0 radical (unpaired) electrons. The molecular weight excluding hydrogens is 224 g/mol. The summed E-state index contributed by atoms with van der Waals surface area (Å²) in [7, 11) is 2.07. The molecule has 3 nitrogen and oxygen atoms in total. The minimum atomic E-state index is 0.607. The summed E-state index contributed by atoms with van der Waals surface area (Å²) in [4.78, 5) is 4.38. The fourth-order valence-corrected chi connectivity index (χ4v) is 2.63. The smallest absolute Gasteiger partial charge is 0.0468 e. The van der Waals surface area contributed by atoms with Crippen molar-refractivity contribution in [3.8, 4) is 0 Å². The number of nitrogens with one attached hydrogen (secondary N) is 1. The van der Waals surface area contributed by atoms with E-state index < -0.39 is 0 Å². The standard InChI is InChI=1S/C15H24N2O/c1-16-15(12-13-7-10-18-11-8-13)6-5-14-4-2-3-9-17-14/h2-4,9,13,15-16H,5-8,10-12H2,1H3. The second kappa shape index (κ2) is 7.49. The minimum absolute atomic E-state index is 0.607. The van der Waals surface area contributed by atoms with Crippen LogP contribution in [0.3, 0.4) is 0 Å². The molecule has 1 atom stereocenters. The van der Waals surface area contributed by atoms with Crippen molar-refractivity contribution in [1.29, 1.82) is 0 Å². The highest BCUT2D eigenvalue weighted by atomic mass is 16.5. The maximum Gasteiger partial charge on any atom is 0.0468 e. The fraction of sp³-hybridized carbons (Fsp3) is 0.667. The lowest BCUT2D eigenvalue weighted by Crippen LogP contribution is -2.30. The second-order valence-electron chi connectivity index (χ2n) is 5.14. The summed E-state index contributed by atoms with van der Waals surface area (Å²) in [6, 6.07) is 6.76. The lowest BCUT2D eigenvalue weighted by molar-refractivity contribution is 0.0605. The van der Waals surface area contributed by atoms with Gasteiger partial charge < -0.3 is 10.1 Å². The van der Waals surface area contributed by atoms with Gasteiger partial charge in [0.25, 0.3) is 0 Å². The van der Waals surface area contributed by atoms with Crippen LogP contribution in [0.15, 0.2) is 24.4 Å². The summed E-state index contributed by atoms with van der Waals surface area (Å²) >= 11 is 0. The van der Waals surface area contributed by atoms with E-state index in [0.29, 0.717) is 6.04 Å². The van der Waals surface area contributed by atoms with Crippen molar-refractivity contribution in [2.75, 3.05) is 20.3 Å². The van der Waals surface area contributed by atoms with E-state index >= 15 is 0 Å². The Morgan fingerprint density at radius 3 is 2.89 bits per heavy atom. The van der Waals surface area contributed by atoms with E-state index in [0.717, 1.165) is 25.6 Å². The van der Waals surface area contributed by atoms with Crippen LogP contribution in [0.1, 0.15) is 31.4 Å². The molecule has 1 saturated heterocycles. The van der Waals surface area contributed by atoms with Crippen LogP contribution in [0.2, 0.25) is 0 Å². The van der Waals surface area contributed by atoms with E-state index in [9.17, 15) is 0 Å². The Bertz CT molecular complexity index is 323. The quantitative estimate of drug-likeness (QED) is 0.839. The van der Waals surface area contributed by atoms with Crippen LogP contribution in [0.4, 0.5) is 0 Å². The molecule has 0 spiro atoms. The number of hydrogen-bond donors (Lipinski definition) is 1. The van der Waals surface area contributed by atoms with Gasteiger partial charge in [-0.25, -0.2) is 0 Å². The molecule has 1 aliphatic rings. The van der Waals surface area contributed by atoms with E-state index in [1.807, 2.05) is 12.3 Å². The molecule has 1 aliphatic heterocycles. The molecule has 1 aromatic rings. The first kappa shape index (κ1) is 13.5. The Kier molecular flexibility index (Phi) is 5.62.